The zero-order valence-corrected chi connectivity index (χ0v) is 11.9. The molecule has 0 bridgehead atoms. The molecule has 1 fully saturated rings. The number of hydrogen-bond acceptors (Lipinski definition) is 2. The average Bonchev–Trinajstić information content (AvgIpc) is 2.42. The third kappa shape index (κ3) is 4.90. The van der Waals surface area contributed by atoms with Crippen molar-refractivity contribution in [2.75, 3.05) is 0 Å². The summed E-state index contributed by atoms with van der Waals surface area (Å²) in [6.45, 7) is 2.04. The van der Waals surface area contributed by atoms with Gasteiger partial charge in [-0.25, -0.2) is 0 Å². The first-order valence-corrected chi connectivity index (χ1v) is 7.39. The predicted octanol–water partition coefficient (Wildman–Crippen LogP) is 4.63. The van der Waals surface area contributed by atoms with Gasteiger partial charge in [0.1, 0.15) is 0 Å². The van der Waals surface area contributed by atoms with Gasteiger partial charge in [0, 0.05) is 6.20 Å². The van der Waals surface area contributed by atoms with E-state index in [4.69, 9.17) is 0 Å². The quantitative estimate of drug-likeness (QED) is 0.619. The number of nitrogens with zero attached hydrogens (tertiary/aromatic N) is 1. The second-order valence-electron chi connectivity index (χ2n) is 5.26. The topological polar surface area (TPSA) is 24.4 Å². The van der Waals surface area contributed by atoms with Crippen molar-refractivity contribution in [2.45, 2.75) is 51.9 Å². The first kappa shape index (κ1) is 13.9. The third-order valence-electron chi connectivity index (χ3n) is 3.69. The standard InChI is InChI=1S/C17H24N2/c1-15(17-12-8-5-9-13-17)19-18-14-16-10-6-3-2-4-7-11-16/h5,8-9,12-14,18H,2-4,6-7,10-11H2,1H3/b19-15+. The molecule has 1 aromatic rings. The molecule has 0 heterocycles. The van der Waals surface area contributed by atoms with Crippen molar-refractivity contribution in [1.82, 2.24) is 5.43 Å². The van der Waals surface area contributed by atoms with E-state index in [1.165, 1.54) is 56.1 Å². The van der Waals surface area contributed by atoms with Crippen LogP contribution >= 0.6 is 0 Å². The van der Waals surface area contributed by atoms with Crippen LogP contribution in [0, 0.1) is 0 Å². The van der Waals surface area contributed by atoms with E-state index in [-0.39, 0.29) is 0 Å². The van der Waals surface area contributed by atoms with Crippen LogP contribution in [0.25, 0.3) is 0 Å². The minimum Gasteiger partial charge on any atom is -0.286 e. The SMILES string of the molecule is C/C(=N\NC=C1CCCCCCC1)c1ccccc1. The number of allylic oxidation sites excluding steroid dienone is 1. The van der Waals surface area contributed by atoms with Gasteiger partial charge in [0.15, 0.2) is 0 Å². The summed E-state index contributed by atoms with van der Waals surface area (Å²) in [5.74, 6) is 0. The zero-order chi connectivity index (χ0) is 13.3. The van der Waals surface area contributed by atoms with Crippen molar-refractivity contribution in [1.29, 1.82) is 0 Å². The Balaban J connectivity index is 1.90. The van der Waals surface area contributed by atoms with Crippen molar-refractivity contribution < 1.29 is 0 Å². The summed E-state index contributed by atoms with van der Waals surface area (Å²) in [6, 6.07) is 10.3. The van der Waals surface area contributed by atoms with Crippen LogP contribution in [-0.4, -0.2) is 5.71 Å². The number of hydrazone groups is 1. The first-order chi connectivity index (χ1) is 9.36. The molecule has 0 amide bonds. The van der Waals surface area contributed by atoms with Crippen LogP contribution in [0.15, 0.2) is 47.2 Å². The molecule has 0 radical (unpaired) electrons. The van der Waals surface area contributed by atoms with E-state index in [9.17, 15) is 0 Å². The van der Waals surface area contributed by atoms with E-state index < -0.39 is 0 Å². The maximum Gasteiger partial charge on any atom is 0.0648 e. The molecule has 1 saturated carbocycles. The lowest BCUT2D eigenvalue weighted by Crippen LogP contribution is -2.04. The van der Waals surface area contributed by atoms with E-state index in [1.54, 1.807) is 0 Å². The number of hydrogen-bond donors (Lipinski definition) is 1. The molecular formula is C17H24N2. The highest BCUT2D eigenvalue weighted by molar-refractivity contribution is 5.98. The molecule has 102 valence electrons. The van der Waals surface area contributed by atoms with Crippen LogP contribution < -0.4 is 5.43 Å². The van der Waals surface area contributed by atoms with Gasteiger partial charge in [-0.2, -0.15) is 5.10 Å². The molecule has 1 aromatic carbocycles. The Bertz CT molecular complexity index is 422. The van der Waals surface area contributed by atoms with Gasteiger partial charge in [-0.3, -0.25) is 5.43 Å². The van der Waals surface area contributed by atoms with Crippen molar-refractivity contribution >= 4 is 5.71 Å². The highest BCUT2D eigenvalue weighted by Gasteiger charge is 2.02. The van der Waals surface area contributed by atoms with Gasteiger partial charge in [0.2, 0.25) is 0 Å². The molecule has 2 nitrogen and oxygen atoms in total. The number of benzene rings is 1. The van der Waals surface area contributed by atoms with E-state index in [0.29, 0.717) is 0 Å². The van der Waals surface area contributed by atoms with Crippen LogP contribution in [-0.2, 0) is 0 Å². The smallest absolute Gasteiger partial charge is 0.0648 e. The van der Waals surface area contributed by atoms with Crippen LogP contribution in [0.1, 0.15) is 57.4 Å². The third-order valence-corrected chi connectivity index (χ3v) is 3.69. The van der Waals surface area contributed by atoms with Gasteiger partial charge in [-0.15, -0.1) is 0 Å². The van der Waals surface area contributed by atoms with Crippen LogP contribution in [0.5, 0.6) is 0 Å². The monoisotopic (exact) mass is 256 g/mol. The molecule has 1 aliphatic carbocycles. The minimum absolute atomic E-state index is 1.03. The van der Waals surface area contributed by atoms with Crippen LogP contribution in [0.3, 0.4) is 0 Å². The molecule has 1 aliphatic rings. The Morgan fingerprint density at radius 1 is 1.00 bits per heavy atom. The lowest BCUT2D eigenvalue weighted by Gasteiger charge is -2.11. The predicted molar refractivity (Wildman–Crippen MR) is 82.2 cm³/mol. The Morgan fingerprint density at radius 3 is 2.32 bits per heavy atom. The molecule has 0 unspecified atom stereocenters. The summed E-state index contributed by atoms with van der Waals surface area (Å²) in [4.78, 5) is 0. The van der Waals surface area contributed by atoms with E-state index in [0.717, 1.165) is 5.71 Å². The van der Waals surface area contributed by atoms with Crippen LogP contribution in [0.4, 0.5) is 0 Å². The molecule has 0 aromatic heterocycles. The normalized spacial score (nSPS) is 17.5. The Hall–Kier alpha value is -1.57. The zero-order valence-electron chi connectivity index (χ0n) is 11.9. The first-order valence-electron chi connectivity index (χ1n) is 7.39. The minimum atomic E-state index is 1.03. The Labute approximate surface area is 116 Å². The second-order valence-corrected chi connectivity index (χ2v) is 5.26. The fourth-order valence-corrected chi connectivity index (χ4v) is 2.47. The number of rotatable bonds is 3. The summed E-state index contributed by atoms with van der Waals surface area (Å²) in [7, 11) is 0. The van der Waals surface area contributed by atoms with Gasteiger partial charge in [-0.1, -0.05) is 55.2 Å². The van der Waals surface area contributed by atoms with Crippen molar-refractivity contribution in [2.24, 2.45) is 5.10 Å². The van der Waals surface area contributed by atoms with Crippen LogP contribution in [0.2, 0.25) is 0 Å². The van der Waals surface area contributed by atoms with Gasteiger partial charge in [0.05, 0.1) is 5.71 Å². The molecule has 2 heteroatoms. The number of nitrogens with one attached hydrogen (secondary N) is 1. The molecule has 2 rings (SSSR count). The molecule has 0 aliphatic heterocycles. The lowest BCUT2D eigenvalue weighted by molar-refractivity contribution is 0.565. The van der Waals surface area contributed by atoms with Gasteiger partial charge < -0.3 is 0 Å². The Morgan fingerprint density at radius 2 is 1.63 bits per heavy atom. The highest BCUT2D eigenvalue weighted by Crippen LogP contribution is 2.20. The maximum absolute atomic E-state index is 4.43. The fraction of sp³-hybridized carbons (Fsp3) is 0.471. The lowest BCUT2D eigenvalue weighted by atomic mass is 9.97. The molecule has 0 saturated heterocycles. The average molecular weight is 256 g/mol. The molecule has 0 atom stereocenters. The molecular weight excluding hydrogens is 232 g/mol. The summed E-state index contributed by atoms with van der Waals surface area (Å²) in [6.07, 6.45) is 11.4. The summed E-state index contributed by atoms with van der Waals surface area (Å²) < 4.78 is 0. The summed E-state index contributed by atoms with van der Waals surface area (Å²) in [5, 5.41) is 4.43. The molecule has 1 N–H and O–H groups in total. The van der Waals surface area contributed by atoms with Gasteiger partial charge in [-0.05, 0) is 38.2 Å². The van der Waals surface area contributed by atoms with Crippen molar-refractivity contribution in [3.8, 4) is 0 Å². The van der Waals surface area contributed by atoms with E-state index in [1.807, 2.05) is 25.1 Å². The summed E-state index contributed by atoms with van der Waals surface area (Å²) in [5.41, 5.74) is 6.85. The van der Waals surface area contributed by atoms with E-state index >= 15 is 0 Å². The molecule has 19 heavy (non-hydrogen) atoms. The van der Waals surface area contributed by atoms with Gasteiger partial charge in [0.25, 0.3) is 0 Å². The maximum atomic E-state index is 4.43. The highest BCUT2D eigenvalue weighted by atomic mass is 15.3. The van der Waals surface area contributed by atoms with Gasteiger partial charge >= 0.3 is 0 Å². The van der Waals surface area contributed by atoms with Crippen molar-refractivity contribution in [3.63, 3.8) is 0 Å². The molecule has 0 spiro atoms. The van der Waals surface area contributed by atoms with Crippen molar-refractivity contribution in [3.05, 3.63) is 47.7 Å². The summed E-state index contributed by atoms with van der Waals surface area (Å²) >= 11 is 0. The second kappa shape index (κ2) is 7.78. The Kier molecular flexibility index (Phi) is 5.67. The largest absolute Gasteiger partial charge is 0.286 e. The fourth-order valence-electron chi connectivity index (χ4n) is 2.47. The van der Waals surface area contributed by atoms with E-state index in [2.05, 4.69) is 28.9 Å².